The van der Waals surface area contributed by atoms with E-state index in [1.54, 1.807) is 48.8 Å². The van der Waals surface area contributed by atoms with Crippen LogP contribution < -0.4 is 10.6 Å². The Balaban J connectivity index is 1.66. The molecule has 2 amide bonds. The molecule has 9 heteroatoms. The first-order valence-electron chi connectivity index (χ1n) is 10.6. The molecule has 0 aliphatic heterocycles. The first kappa shape index (κ1) is 24.1. The molecule has 0 spiro atoms. The van der Waals surface area contributed by atoms with Crippen molar-refractivity contribution in [2.75, 3.05) is 24.7 Å². The lowest BCUT2D eigenvalue weighted by atomic mass is 10.2. The van der Waals surface area contributed by atoms with Crippen molar-refractivity contribution >= 4 is 35.2 Å². The molecule has 0 bridgehead atoms. The predicted octanol–water partition coefficient (Wildman–Crippen LogP) is 3.92. The van der Waals surface area contributed by atoms with E-state index in [1.165, 1.54) is 18.9 Å². The number of hydrogen-bond acceptors (Lipinski definition) is 6. The minimum absolute atomic E-state index is 0.0870. The highest BCUT2D eigenvalue weighted by atomic mass is 32.2. The topological polar surface area (TPSA) is 102 Å². The Hall–Kier alpha value is -3.59. The van der Waals surface area contributed by atoms with Gasteiger partial charge in [0.1, 0.15) is 0 Å². The lowest BCUT2D eigenvalue weighted by Crippen LogP contribution is -2.24. The summed E-state index contributed by atoms with van der Waals surface area (Å²) in [5.74, 6) is -0.838. The largest absolute Gasteiger partial charge is 0.465 e. The molecule has 3 rings (SSSR count). The number of para-hydroxylation sites is 1. The number of anilines is 1. The maximum Gasteiger partial charge on any atom is 0.339 e. The molecule has 0 unspecified atom stereocenters. The maximum absolute atomic E-state index is 12.5. The second-order valence-electron chi connectivity index (χ2n) is 7.11. The summed E-state index contributed by atoms with van der Waals surface area (Å²) in [6.45, 7) is 2.71. The van der Waals surface area contributed by atoms with Gasteiger partial charge in [0.25, 0.3) is 5.91 Å². The molecule has 0 aliphatic rings. The van der Waals surface area contributed by atoms with Crippen LogP contribution in [0.3, 0.4) is 0 Å². The number of unbranched alkanes of at least 4 members (excludes halogenated alkanes) is 1. The van der Waals surface area contributed by atoms with Gasteiger partial charge in [0.05, 0.1) is 24.1 Å². The number of benzene rings is 2. The smallest absolute Gasteiger partial charge is 0.339 e. The SMILES string of the molecule is CCCCNC(=O)c1cccc(-n2ccnc2SCC(=O)Nc2ccccc2C(=O)OC)c1. The zero-order chi connectivity index (χ0) is 23.6. The molecule has 3 aromatic rings. The molecule has 0 saturated heterocycles. The van der Waals surface area contributed by atoms with Gasteiger partial charge < -0.3 is 15.4 Å². The number of imidazole rings is 1. The van der Waals surface area contributed by atoms with E-state index in [0.717, 1.165) is 18.5 Å². The van der Waals surface area contributed by atoms with Crippen molar-refractivity contribution in [3.8, 4) is 5.69 Å². The Morgan fingerprint density at radius 1 is 1.12 bits per heavy atom. The number of nitrogens with one attached hydrogen (secondary N) is 2. The predicted molar refractivity (Wildman–Crippen MR) is 128 cm³/mol. The van der Waals surface area contributed by atoms with Gasteiger partial charge in [-0.1, -0.05) is 43.3 Å². The summed E-state index contributed by atoms with van der Waals surface area (Å²) < 4.78 is 6.58. The van der Waals surface area contributed by atoms with E-state index >= 15 is 0 Å². The van der Waals surface area contributed by atoms with E-state index in [2.05, 4.69) is 22.5 Å². The first-order chi connectivity index (χ1) is 16.0. The molecule has 0 saturated carbocycles. The van der Waals surface area contributed by atoms with Gasteiger partial charge >= 0.3 is 5.97 Å². The summed E-state index contributed by atoms with van der Waals surface area (Å²) in [6, 6.07) is 13.9. The number of thioether (sulfide) groups is 1. The third kappa shape index (κ3) is 6.45. The van der Waals surface area contributed by atoms with Crippen LogP contribution in [0.15, 0.2) is 66.1 Å². The summed E-state index contributed by atoms with van der Waals surface area (Å²) in [4.78, 5) is 41.1. The monoisotopic (exact) mass is 466 g/mol. The van der Waals surface area contributed by atoms with Crippen molar-refractivity contribution in [3.63, 3.8) is 0 Å². The normalized spacial score (nSPS) is 10.5. The van der Waals surface area contributed by atoms with Gasteiger partial charge in [-0.15, -0.1) is 0 Å². The van der Waals surface area contributed by atoms with Crippen LogP contribution in [0.5, 0.6) is 0 Å². The molecule has 2 aromatic carbocycles. The lowest BCUT2D eigenvalue weighted by molar-refractivity contribution is -0.113. The molecule has 2 N–H and O–H groups in total. The van der Waals surface area contributed by atoms with Crippen LogP contribution in [0.2, 0.25) is 0 Å². The van der Waals surface area contributed by atoms with Crippen LogP contribution in [0.4, 0.5) is 5.69 Å². The molecule has 172 valence electrons. The number of aromatic nitrogens is 2. The van der Waals surface area contributed by atoms with E-state index in [0.29, 0.717) is 23.0 Å². The van der Waals surface area contributed by atoms with Crippen molar-refractivity contribution in [1.29, 1.82) is 0 Å². The van der Waals surface area contributed by atoms with Crippen LogP contribution >= 0.6 is 11.8 Å². The first-order valence-corrected chi connectivity index (χ1v) is 11.5. The molecule has 0 radical (unpaired) electrons. The Morgan fingerprint density at radius 2 is 1.94 bits per heavy atom. The van der Waals surface area contributed by atoms with Crippen molar-refractivity contribution < 1.29 is 19.1 Å². The Labute approximate surface area is 196 Å². The van der Waals surface area contributed by atoms with Gasteiger partial charge in [0, 0.05) is 30.2 Å². The average molecular weight is 467 g/mol. The lowest BCUT2D eigenvalue weighted by Gasteiger charge is -2.11. The average Bonchev–Trinajstić information content (AvgIpc) is 3.31. The fourth-order valence-electron chi connectivity index (χ4n) is 3.07. The molecule has 0 atom stereocenters. The number of methoxy groups -OCH3 is 1. The van der Waals surface area contributed by atoms with E-state index in [4.69, 9.17) is 4.74 Å². The quantitative estimate of drug-likeness (QED) is 0.267. The molecule has 1 heterocycles. The van der Waals surface area contributed by atoms with Crippen LogP contribution in [0.25, 0.3) is 5.69 Å². The number of ether oxygens (including phenoxy) is 1. The van der Waals surface area contributed by atoms with Crippen molar-refractivity contribution in [3.05, 3.63) is 72.1 Å². The number of esters is 1. The molecule has 0 aliphatic carbocycles. The summed E-state index contributed by atoms with van der Waals surface area (Å²) >= 11 is 1.25. The standard InChI is InChI=1S/C24H26N4O4S/c1-3-4-12-25-22(30)17-8-7-9-18(15-17)28-14-13-26-24(28)33-16-21(29)27-20-11-6-5-10-19(20)23(31)32-2/h5-11,13-15H,3-4,12,16H2,1-2H3,(H,25,30)(H,27,29). The minimum atomic E-state index is -0.521. The third-order valence-corrected chi connectivity index (χ3v) is 5.71. The van der Waals surface area contributed by atoms with Crippen LogP contribution in [0.1, 0.15) is 40.5 Å². The summed E-state index contributed by atoms with van der Waals surface area (Å²) in [7, 11) is 1.29. The highest BCUT2D eigenvalue weighted by Gasteiger charge is 2.15. The van der Waals surface area contributed by atoms with Gasteiger partial charge in [0.2, 0.25) is 5.91 Å². The van der Waals surface area contributed by atoms with Crippen LogP contribution in [-0.4, -0.2) is 46.7 Å². The van der Waals surface area contributed by atoms with Gasteiger partial charge in [0.15, 0.2) is 5.16 Å². The Morgan fingerprint density at radius 3 is 2.73 bits per heavy atom. The Bertz CT molecular complexity index is 1130. The minimum Gasteiger partial charge on any atom is -0.465 e. The zero-order valence-electron chi connectivity index (χ0n) is 18.5. The fraction of sp³-hybridized carbons (Fsp3) is 0.250. The number of amides is 2. The van der Waals surface area contributed by atoms with Crippen LogP contribution in [0, 0.1) is 0 Å². The summed E-state index contributed by atoms with van der Waals surface area (Å²) in [6.07, 6.45) is 5.36. The van der Waals surface area contributed by atoms with Crippen molar-refractivity contribution in [2.45, 2.75) is 24.9 Å². The van der Waals surface area contributed by atoms with E-state index in [9.17, 15) is 14.4 Å². The van der Waals surface area contributed by atoms with E-state index < -0.39 is 5.97 Å². The van der Waals surface area contributed by atoms with Gasteiger partial charge in [-0.25, -0.2) is 9.78 Å². The maximum atomic E-state index is 12.5. The van der Waals surface area contributed by atoms with E-state index in [-0.39, 0.29) is 23.1 Å². The molecule has 1 aromatic heterocycles. The van der Waals surface area contributed by atoms with E-state index in [1.807, 2.05) is 16.7 Å². The highest BCUT2D eigenvalue weighted by Crippen LogP contribution is 2.22. The second kappa shape index (κ2) is 11.9. The molecular formula is C24H26N4O4S. The number of carbonyl (C=O) groups is 3. The Kier molecular flexibility index (Phi) is 8.65. The third-order valence-electron chi connectivity index (χ3n) is 4.75. The zero-order valence-corrected chi connectivity index (χ0v) is 19.4. The van der Waals surface area contributed by atoms with Gasteiger partial charge in [-0.05, 0) is 36.8 Å². The number of carbonyl (C=O) groups excluding carboxylic acids is 3. The molecule has 33 heavy (non-hydrogen) atoms. The van der Waals surface area contributed by atoms with Crippen molar-refractivity contribution in [1.82, 2.24) is 14.9 Å². The number of nitrogens with zero attached hydrogens (tertiary/aromatic N) is 2. The molecule has 8 nitrogen and oxygen atoms in total. The van der Waals surface area contributed by atoms with Gasteiger partial charge in [-0.2, -0.15) is 0 Å². The van der Waals surface area contributed by atoms with Gasteiger partial charge in [-0.3, -0.25) is 14.2 Å². The summed E-state index contributed by atoms with van der Waals surface area (Å²) in [5, 5.41) is 6.26. The van der Waals surface area contributed by atoms with Crippen molar-refractivity contribution in [2.24, 2.45) is 0 Å². The second-order valence-corrected chi connectivity index (χ2v) is 8.06. The van der Waals surface area contributed by atoms with Crippen LogP contribution in [-0.2, 0) is 9.53 Å². The molecule has 0 fully saturated rings. The highest BCUT2D eigenvalue weighted by molar-refractivity contribution is 7.99. The molecular weight excluding hydrogens is 440 g/mol. The fourth-order valence-corrected chi connectivity index (χ4v) is 3.84. The summed E-state index contributed by atoms with van der Waals surface area (Å²) in [5.41, 5.74) is 2.01. The number of hydrogen-bond donors (Lipinski definition) is 2. The number of rotatable bonds is 10.